The number of rotatable bonds is 5. The lowest BCUT2D eigenvalue weighted by Gasteiger charge is -2.17. The molecule has 1 unspecified atom stereocenters. The van der Waals surface area contributed by atoms with Crippen molar-refractivity contribution in [2.24, 2.45) is 5.73 Å². The lowest BCUT2D eigenvalue weighted by molar-refractivity contribution is 0.0945. The number of thiocarbonyl (C=S) groups is 1. The minimum Gasteiger partial charge on any atom is -0.392 e. The largest absolute Gasteiger partial charge is 0.392 e. The molecule has 6 heteroatoms. The average molecular weight is 333 g/mol. The Morgan fingerprint density at radius 1 is 1.61 bits per heavy atom. The second kappa shape index (κ2) is 6.80. The molecule has 0 fully saturated rings. The highest BCUT2D eigenvalue weighted by molar-refractivity contribution is 9.10. The van der Waals surface area contributed by atoms with Crippen molar-refractivity contribution < 1.29 is 9.18 Å². The molecule has 98 valence electrons. The van der Waals surface area contributed by atoms with E-state index in [1.807, 2.05) is 6.92 Å². The molecule has 0 saturated carbocycles. The van der Waals surface area contributed by atoms with E-state index in [0.29, 0.717) is 16.5 Å². The molecular formula is C12H14BrFN2OS. The van der Waals surface area contributed by atoms with E-state index in [2.05, 4.69) is 21.2 Å². The van der Waals surface area contributed by atoms with Crippen LogP contribution in [0.1, 0.15) is 30.1 Å². The first-order valence-corrected chi connectivity index (χ1v) is 6.71. The van der Waals surface area contributed by atoms with Crippen molar-refractivity contribution in [3.8, 4) is 0 Å². The van der Waals surface area contributed by atoms with Gasteiger partial charge in [0.15, 0.2) is 0 Å². The van der Waals surface area contributed by atoms with Crippen LogP contribution in [0.15, 0.2) is 22.7 Å². The van der Waals surface area contributed by atoms with Crippen LogP contribution in [0, 0.1) is 5.82 Å². The molecule has 1 aromatic rings. The molecule has 0 spiro atoms. The molecule has 0 radical (unpaired) electrons. The summed E-state index contributed by atoms with van der Waals surface area (Å²) in [5, 5.41) is 2.74. The third-order valence-corrected chi connectivity index (χ3v) is 3.34. The van der Waals surface area contributed by atoms with Crippen LogP contribution in [0.4, 0.5) is 4.39 Å². The van der Waals surface area contributed by atoms with Gasteiger partial charge in [0.05, 0.1) is 16.6 Å². The summed E-state index contributed by atoms with van der Waals surface area (Å²) in [6.07, 6.45) is 1.53. The van der Waals surface area contributed by atoms with Crippen molar-refractivity contribution >= 4 is 39.0 Å². The average Bonchev–Trinajstić information content (AvgIpc) is 2.27. The summed E-state index contributed by atoms with van der Waals surface area (Å²) in [5.74, 6) is -0.731. The molecule has 18 heavy (non-hydrogen) atoms. The maximum Gasteiger partial charge on any atom is 0.252 e. The van der Waals surface area contributed by atoms with Crippen molar-refractivity contribution in [3.63, 3.8) is 0 Å². The van der Waals surface area contributed by atoms with Gasteiger partial charge in [-0.2, -0.15) is 0 Å². The quantitative estimate of drug-likeness (QED) is 0.815. The lowest BCUT2D eigenvalue weighted by Crippen LogP contribution is -2.43. The van der Waals surface area contributed by atoms with Crippen molar-refractivity contribution in [1.82, 2.24) is 5.32 Å². The fourth-order valence-electron chi connectivity index (χ4n) is 1.48. The Kier molecular flexibility index (Phi) is 5.68. The van der Waals surface area contributed by atoms with E-state index in [9.17, 15) is 9.18 Å². The van der Waals surface area contributed by atoms with Gasteiger partial charge in [-0.3, -0.25) is 4.79 Å². The third kappa shape index (κ3) is 4.03. The van der Waals surface area contributed by atoms with Crippen LogP contribution < -0.4 is 11.1 Å². The van der Waals surface area contributed by atoms with Crippen molar-refractivity contribution in [3.05, 3.63) is 34.1 Å². The Labute approximate surface area is 119 Å². The highest BCUT2D eigenvalue weighted by Crippen LogP contribution is 2.18. The van der Waals surface area contributed by atoms with Crippen LogP contribution in [-0.2, 0) is 0 Å². The molecule has 0 bridgehead atoms. The van der Waals surface area contributed by atoms with Gasteiger partial charge in [-0.1, -0.05) is 25.6 Å². The fraction of sp³-hybridized carbons (Fsp3) is 0.333. The number of halogens is 2. The molecule has 1 aromatic carbocycles. The Balaban J connectivity index is 2.83. The summed E-state index contributed by atoms with van der Waals surface area (Å²) >= 11 is 8.04. The van der Waals surface area contributed by atoms with Crippen LogP contribution in [0.3, 0.4) is 0 Å². The lowest BCUT2D eigenvalue weighted by atomic mass is 10.1. The zero-order valence-electron chi connectivity index (χ0n) is 9.87. The smallest absolute Gasteiger partial charge is 0.252 e. The number of amides is 1. The Hall–Kier alpha value is -1.01. The van der Waals surface area contributed by atoms with Crippen LogP contribution in [0.5, 0.6) is 0 Å². The number of carbonyl (C=O) groups is 1. The van der Waals surface area contributed by atoms with Gasteiger partial charge >= 0.3 is 0 Å². The summed E-state index contributed by atoms with van der Waals surface area (Å²) in [6.45, 7) is 1.98. The SMILES string of the molecule is CCCC(NC(=O)c1ccc(F)cc1Br)C(N)=S. The van der Waals surface area contributed by atoms with E-state index in [0.717, 1.165) is 6.42 Å². The van der Waals surface area contributed by atoms with Gasteiger partial charge in [0.25, 0.3) is 5.91 Å². The highest BCUT2D eigenvalue weighted by atomic mass is 79.9. The summed E-state index contributed by atoms with van der Waals surface area (Å²) < 4.78 is 13.3. The maximum absolute atomic E-state index is 12.9. The number of hydrogen-bond donors (Lipinski definition) is 2. The summed E-state index contributed by atoms with van der Waals surface area (Å²) in [6, 6.07) is 3.55. The summed E-state index contributed by atoms with van der Waals surface area (Å²) in [5.41, 5.74) is 5.91. The monoisotopic (exact) mass is 332 g/mol. The van der Waals surface area contributed by atoms with Gasteiger partial charge in [-0.15, -0.1) is 0 Å². The Bertz CT molecular complexity index is 467. The topological polar surface area (TPSA) is 55.1 Å². The number of benzene rings is 1. The molecule has 0 saturated heterocycles. The first-order valence-electron chi connectivity index (χ1n) is 5.51. The van der Waals surface area contributed by atoms with Gasteiger partial charge in [-0.05, 0) is 40.5 Å². The molecule has 1 atom stereocenters. The Morgan fingerprint density at radius 2 is 2.28 bits per heavy atom. The zero-order chi connectivity index (χ0) is 13.7. The minimum atomic E-state index is -0.405. The molecule has 0 aliphatic rings. The van der Waals surface area contributed by atoms with Crippen molar-refractivity contribution in [1.29, 1.82) is 0 Å². The van der Waals surface area contributed by atoms with E-state index in [4.69, 9.17) is 18.0 Å². The van der Waals surface area contributed by atoms with Crippen LogP contribution in [-0.4, -0.2) is 16.9 Å². The molecule has 0 aliphatic carbocycles. The van der Waals surface area contributed by atoms with Gasteiger partial charge in [-0.25, -0.2) is 4.39 Å². The highest BCUT2D eigenvalue weighted by Gasteiger charge is 2.17. The first-order chi connectivity index (χ1) is 8.45. The first kappa shape index (κ1) is 15.0. The molecule has 1 amide bonds. The molecular weight excluding hydrogens is 319 g/mol. The van der Waals surface area contributed by atoms with E-state index in [1.165, 1.54) is 18.2 Å². The van der Waals surface area contributed by atoms with Gasteiger partial charge in [0.1, 0.15) is 5.82 Å². The standard InChI is InChI=1S/C12H14BrFN2OS/c1-2-3-10(11(15)18)16-12(17)8-5-4-7(14)6-9(8)13/h4-6,10H,2-3H2,1H3,(H2,15,18)(H,16,17). The van der Waals surface area contributed by atoms with E-state index in [1.54, 1.807) is 0 Å². The van der Waals surface area contributed by atoms with Crippen LogP contribution in [0.25, 0.3) is 0 Å². The van der Waals surface area contributed by atoms with Gasteiger partial charge in [0, 0.05) is 4.47 Å². The zero-order valence-corrected chi connectivity index (χ0v) is 12.3. The summed E-state index contributed by atoms with van der Waals surface area (Å²) in [7, 11) is 0. The second-order valence-electron chi connectivity index (χ2n) is 3.84. The molecule has 0 heterocycles. The van der Waals surface area contributed by atoms with Gasteiger partial charge < -0.3 is 11.1 Å². The third-order valence-electron chi connectivity index (χ3n) is 2.40. The Morgan fingerprint density at radius 3 is 2.78 bits per heavy atom. The van der Waals surface area contributed by atoms with E-state index >= 15 is 0 Å². The number of carbonyl (C=O) groups excluding carboxylic acids is 1. The van der Waals surface area contributed by atoms with Crippen molar-refractivity contribution in [2.45, 2.75) is 25.8 Å². The predicted molar refractivity (Wildman–Crippen MR) is 77.0 cm³/mol. The normalized spacial score (nSPS) is 11.9. The number of nitrogens with two attached hydrogens (primary N) is 1. The second-order valence-corrected chi connectivity index (χ2v) is 5.17. The minimum absolute atomic E-state index is 0.253. The number of nitrogens with one attached hydrogen (secondary N) is 1. The molecule has 0 aliphatic heterocycles. The molecule has 3 nitrogen and oxygen atoms in total. The molecule has 1 rings (SSSR count). The molecule has 3 N–H and O–H groups in total. The predicted octanol–water partition coefficient (Wildman–Crippen LogP) is 2.77. The van der Waals surface area contributed by atoms with Crippen molar-refractivity contribution in [2.75, 3.05) is 0 Å². The van der Waals surface area contributed by atoms with E-state index < -0.39 is 5.82 Å². The molecule has 0 aromatic heterocycles. The summed E-state index contributed by atoms with van der Waals surface area (Å²) in [4.78, 5) is 12.2. The maximum atomic E-state index is 12.9. The van der Waals surface area contributed by atoms with Gasteiger partial charge in [0.2, 0.25) is 0 Å². The number of hydrogen-bond acceptors (Lipinski definition) is 2. The fourth-order valence-corrected chi connectivity index (χ4v) is 2.19. The van der Waals surface area contributed by atoms with E-state index in [-0.39, 0.29) is 16.9 Å². The van der Waals surface area contributed by atoms with Crippen LogP contribution in [0.2, 0.25) is 0 Å². The van der Waals surface area contributed by atoms with Crippen LogP contribution >= 0.6 is 28.1 Å².